The van der Waals surface area contributed by atoms with Gasteiger partial charge in [-0.2, -0.15) is 0 Å². The smallest absolute Gasteiger partial charge is 0.00720 e. The second-order valence-corrected chi connectivity index (χ2v) is 3.78. The predicted molar refractivity (Wildman–Crippen MR) is 48.2 cm³/mol. The molecule has 0 saturated heterocycles. The maximum atomic E-state index is 5.58. The average Bonchev–Trinajstić information content (AvgIpc) is 2.39. The van der Waals surface area contributed by atoms with E-state index in [2.05, 4.69) is 0 Å². The van der Waals surface area contributed by atoms with E-state index in [4.69, 9.17) is 11.5 Å². The van der Waals surface area contributed by atoms with Crippen LogP contribution in [0, 0.1) is 5.41 Å². The summed E-state index contributed by atoms with van der Waals surface area (Å²) < 4.78 is 0. The Bertz CT molecular complexity index is 98.1. The Morgan fingerprint density at radius 1 is 0.909 bits per heavy atom. The molecule has 0 aliphatic heterocycles. The Labute approximate surface area is 69.3 Å². The second-order valence-electron chi connectivity index (χ2n) is 3.78. The van der Waals surface area contributed by atoms with Crippen molar-refractivity contribution in [2.45, 2.75) is 38.5 Å². The number of hydrogen-bond acceptors (Lipinski definition) is 2. The van der Waals surface area contributed by atoms with Gasteiger partial charge in [0.15, 0.2) is 0 Å². The molecule has 1 rings (SSSR count). The van der Waals surface area contributed by atoms with Gasteiger partial charge in [-0.05, 0) is 44.2 Å². The van der Waals surface area contributed by atoms with Gasteiger partial charge in [-0.15, -0.1) is 0 Å². The summed E-state index contributed by atoms with van der Waals surface area (Å²) in [6.45, 7) is 1.67. The maximum Gasteiger partial charge on any atom is -0.00720 e. The zero-order valence-electron chi connectivity index (χ0n) is 7.31. The standard InChI is InChI=1S/C9H20N2/c10-7-5-9(6-8-11)3-1-2-4-9/h1-8,10-11H2. The summed E-state index contributed by atoms with van der Waals surface area (Å²) in [6, 6.07) is 0. The first-order valence-corrected chi connectivity index (χ1v) is 4.73. The summed E-state index contributed by atoms with van der Waals surface area (Å²) >= 11 is 0. The lowest BCUT2D eigenvalue weighted by molar-refractivity contribution is 0.258. The molecular formula is C9H20N2. The van der Waals surface area contributed by atoms with Gasteiger partial charge in [-0.25, -0.2) is 0 Å². The van der Waals surface area contributed by atoms with Gasteiger partial charge in [-0.3, -0.25) is 0 Å². The van der Waals surface area contributed by atoms with E-state index in [-0.39, 0.29) is 0 Å². The topological polar surface area (TPSA) is 52.0 Å². The molecular weight excluding hydrogens is 136 g/mol. The Kier molecular flexibility index (Phi) is 3.34. The van der Waals surface area contributed by atoms with E-state index in [1.54, 1.807) is 0 Å². The van der Waals surface area contributed by atoms with E-state index < -0.39 is 0 Å². The minimum absolute atomic E-state index is 0.545. The summed E-state index contributed by atoms with van der Waals surface area (Å²) in [6.07, 6.45) is 7.87. The molecule has 0 aromatic carbocycles. The van der Waals surface area contributed by atoms with E-state index in [0.29, 0.717) is 5.41 Å². The molecule has 2 nitrogen and oxygen atoms in total. The van der Waals surface area contributed by atoms with Crippen molar-refractivity contribution in [3.63, 3.8) is 0 Å². The monoisotopic (exact) mass is 156 g/mol. The minimum atomic E-state index is 0.545. The molecule has 1 saturated carbocycles. The van der Waals surface area contributed by atoms with Crippen LogP contribution in [0.1, 0.15) is 38.5 Å². The molecule has 66 valence electrons. The highest BCUT2D eigenvalue weighted by molar-refractivity contribution is 4.84. The average molecular weight is 156 g/mol. The number of hydrogen-bond donors (Lipinski definition) is 2. The van der Waals surface area contributed by atoms with E-state index in [1.807, 2.05) is 0 Å². The first-order valence-electron chi connectivity index (χ1n) is 4.73. The van der Waals surface area contributed by atoms with Crippen molar-refractivity contribution in [3.8, 4) is 0 Å². The molecule has 1 aliphatic rings. The predicted octanol–water partition coefficient (Wildman–Crippen LogP) is 1.24. The number of nitrogens with two attached hydrogens (primary N) is 2. The van der Waals surface area contributed by atoms with Crippen molar-refractivity contribution in [3.05, 3.63) is 0 Å². The van der Waals surface area contributed by atoms with Crippen LogP contribution in [0.4, 0.5) is 0 Å². The first kappa shape index (κ1) is 9.01. The summed E-state index contributed by atoms with van der Waals surface area (Å²) in [5.41, 5.74) is 11.7. The fourth-order valence-electron chi connectivity index (χ4n) is 2.36. The van der Waals surface area contributed by atoms with Gasteiger partial charge >= 0.3 is 0 Å². The fourth-order valence-corrected chi connectivity index (χ4v) is 2.36. The third kappa shape index (κ3) is 2.17. The molecule has 11 heavy (non-hydrogen) atoms. The Morgan fingerprint density at radius 3 is 1.73 bits per heavy atom. The molecule has 0 aromatic heterocycles. The first-order chi connectivity index (χ1) is 5.33. The van der Waals surface area contributed by atoms with Crippen molar-refractivity contribution < 1.29 is 0 Å². The van der Waals surface area contributed by atoms with Crippen molar-refractivity contribution in [2.24, 2.45) is 16.9 Å². The van der Waals surface area contributed by atoms with Crippen LogP contribution < -0.4 is 11.5 Å². The van der Waals surface area contributed by atoms with Crippen molar-refractivity contribution >= 4 is 0 Å². The third-order valence-electron chi connectivity index (χ3n) is 3.01. The van der Waals surface area contributed by atoms with Gasteiger partial charge in [0.2, 0.25) is 0 Å². The molecule has 1 fully saturated rings. The van der Waals surface area contributed by atoms with Gasteiger partial charge in [-0.1, -0.05) is 12.8 Å². The molecule has 0 radical (unpaired) electrons. The summed E-state index contributed by atoms with van der Waals surface area (Å²) in [5, 5.41) is 0. The fraction of sp³-hybridized carbons (Fsp3) is 1.00. The molecule has 0 aromatic rings. The van der Waals surface area contributed by atoms with Gasteiger partial charge in [0, 0.05) is 0 Å². The summed E-state index contributed by atoms with van der Waals surface area (Å²) in [5.74, 6) is 0. The van der Waals surface area contributed by atoms with Crippen LogP contribution in [0.3, 0.4) is 0 Å². The molecule has 4 N–H and O–H groups in total. The lowest BCUT2D eigenvalue weighted by atomic mass is 9.80. The highest BCUT2D eigenvalue weighted by Gasteiger charge is 2.31. The molecule has 0 spiro atoms. The Morgan fingerprint density at radius 2 is 1.36 bits per heavy atom. The van der Waals surface area contributed by atoms with Crippen molar-refractivity contribution in [1.82, 2.24) is 0 Å². The highest BCUT2D eigenvalue weighted by Crippen LogP contribution is 2.43. The van der Waals surface area contributed by atoms with Crippen LogP contribution in [0.5, 0.6) is 0 Å². The zero-order chi connectivity index (χ0) is 8.16. The van der Waals surface area contributed by atoms with E-state index in [9.17, 15) is 0 Å². The summed E-state index contributed by atoms with van der Waals surface area (Å²) in [7, 11) is 0. The van der Waals surface area contributed by atoms with Crippen LogP contribution in [0.2, 0.25) is 0 Å². The molecule has 0 amide bonds. The zero-order valence-corrected chi connectivity index (χ0v) is 7.31. The van der Waals surface area contributed by atoms with Gasteiger partial charge in [0.05, 0.1) is 0 Å². The van der Waals surface area contributed by atoms with Crippen molar-refractivity contribution in [1.29, 1.82) is 0 Å². The Balaban J connectivity index is 2.40. The molecule has 0 unspecified atom stereocenters. The minimum Gasteiger partial charge on any atom is -0.330 e. The van der Waals surface area contributed by atoms with Crippen LogP contribution in [-0.2, 0) is 0 Å². The lowest BCUT2D eigenvalue weighted by Crippen LogP contribution is -2.24. The van der Waals surface area contributed by atoms with E-state index in [1.165, 1.54) is 38.5 Å². The third-order valence-corrected chi connectivity index (χ3v) is 3.01. The van der Waals surface area contributed by atoms with Crippen LogP contribution in [-0.4, -0.2) is 13.1 Å². The van der Waals surface area contributed by atoms with Crippen LogP contribution >= 0.6 is 0 Å². The lowest BCUT2D eigenvalue weighted by Gasteiger charge is -2.27. The number of rotatable bonds is 4. The quantitative estimate of drug-likeness (QED) is 0.643. The SMILES string of the molecule is NCCC1(CCN)CCCC1. The molecule has 2 heteroatoms. The molecule has 0 atom stereocenters. The largest absolute Gasteiger partial charge is 0.330 e. The van der Waals surface area contributed by atoms with E-state index >= 15 is 0 Å². The van der Waals surface area contributed by atoms with Crippen LogP contribution in [0.25, 0.3) is 0 Å². The normalized spacial score (nSPS) is 22.4. The second kappa shape index (κ2) is 4.07. The Hall–Kier alpha value is -0.0800. The van der Waals surface area contributed by atoms with Crippen LogP contribution in [0.15, 0.2) is 0 Å². The van der Waals surface area contributed by atoms with E-state index in [0.717, 1.165) is 13.1 Å². The van der Waals surface area contributed by atoms with Gasteiger partial charge in [0.1, 0.15) is 0 Å². The van der Waals surface area contributed by atoms with Gasteiger partial charge < -0.3 is 11.5 Å². The summed E-state index contributed by atoms with van der Waals surface area (Å²) in [4.78, 5) is 0. The molecule has 1 aliphatic carbocycles. The maximum absolute atomic E-state index is 5.58. The molecule has 0 heterocycles. The molecule has 0 bridgehead atoms. The van der Waals surface area contributed by atoms with Crippen molar-refractivity contribution in [2.75, 3.05) is 13.1 Å². The highest BCUT2D eigenvalue weighted by atomic mass is 14.6. The van der Waals surface area contributed by atoms with Gasteiger partial charge in [0.25, 0.3) is 0 Å².